The van der Waals surface area contributed by atoms with Gasteiger partial charge in [-0.2, -0.15) is 5.26 Å². The second kappa shape index (κ2) is 7.20. The van der Waals surface area contributed by atoms with Gasteiger partial charge in [-0.15, -0.1) is 0 Å². The molecule has 0 aliphatic carbocycles. The van der Waals surface area contributed by atoms with Crippen LogP contribution in [0, 0.1) is 25.2 Å². The molecule has 0 amide bonds. The maximum Gasteiger partial charge on any atom is 0.326 e. The van der Waals surface area contributed by atoms with Crippen molar-refractivity contribution in [2.75, 3.05) is 5.32 Å². The van der Waals surface area contributed by atoms with Crippen molar-refractivity contribution < 1.29 is 16.4 Å². The van der Waals surface area contributed by atoms with Crippen molar-refractivity contribution in [1.29, 1.82) is 5.26 Å². The third-order valence-corrected chi connectivity index (χ3v) is 4.19. The van der Waals surface area contributed by atoms with Gasteiger partial charge in [0.15, 0.2) is 0 Å². The summed E-state index contributed by atoms with van der Waals surface area (Å²) in [6, 6.07) is 7.30. The minimum absolute atomic E-state index is 0. The Labute approximate surface area is 145 Å². The van der Waals surface area contributed by atoms with E-state index >= 15 is 0 Å². The molecule has 3 N–H and O–H groups in total. The van der Waals surface area contributed by atoms with Gasteiger partial charge in [0.1, 0.15) is 23.7 Å². The quantitative estimate of drug-likeness (QED) is 0.766. The summed E-state index contributed by atoms with van der Waals surface area (Å²) in [5.41, 5.74) is 2.03. The van der Waals surface area contributed by atoms with Crippen molar-refractivity contribution in [2.45, 2.75) is 26.3 Å². The van der Waals surface area contributed by atoms with Gasteiger partial charge in [-0.1, -0.05) is 23.7 Å². The fourth-order valence-electron chi connectivity index (χ4n) is 2.31. The topological polar surface area (TPSA) is 106 Å². The molecule has 0 radical (unpaired) electrons. The highest BCUT2D eigenvalue weighted by Gasteiger charge is 2.22. The third kappa shape index (κ3) is 3.76. The average molecular weight is 348 g/mol. The minimum Gasteiger partial charge on any atom is -0.508 e. The van der Waals surface area contributed by atoms with Crippen molar-refractivity contribution in [2.24, 2.45) is 0 Å². The first-order chi connectivity index (χ1) is 11.3. The number of halogens is 1. The Morgan fingerprint density at radius 1 is 1.42 bits per heavy atom. The van der Waals surface area contributed by atoms with E-state index in [9.17, 15) is 20.3 Å². The van der Waals surface area contributed by atoms with Crippen LogP contribution in [0.5, 0.6) is 5.75 Å². The van der Waals surface area contributed by atoms with Crippen LogP contribution >= 0.6 is 11.6 Å². The number of nitrogens with one attached hydrogen (secondary N) is 1. The zero-order valence-electron chi connectivity index (χ0n) is 13.2. The predicted molar refractivity (Wildman–Crippen MR) is 92.4 cm³/mol. The average Bonchev–Trinajstić information content (AvgIpc) is 2.54. The van der Waals surface area contributed by atoms with E-state index in [1.54, 1.807) is 26.0 Å². The monoisotopic (exact) mass is 347 g/mol. The van der Waals surface area contributed by atoms with Crippen molar-refractivity contribution in [3.63, 3.8) is 0 Å². The van der Waals surface area contributed by atoms with Crippen molar-refractivity contribution in [3.05, 3.63) is 51.7 Å². The van der Waals surface area contributed by atoms with Crippen LogP contribution in [-0.4, -0.2) is 27.2 Å². The Morgan fingerprint density at radius 3 is 2.58 bits per heavy atom. The minimum atomic E-state index is -1.07. The molecule has 0 fully saturated rings. The zero-order valence-corrected chi connectivity index (χ0v) is 13.9. The summed E-state index contributed by atoms with van der Waals surface area (Å²) in [6.45, 7) is 3.38. The number of hydrogen-bond donors (Lipinski definition) is 3. The third-order valence-electron chi connectivity index (χ3n) is 3.64. The summed E-state index contributed by atoms with van der Waals surface area (Å²) >= 11 is 6.10. The number of rotatable bonds is 5. The molecule has 1 aromatic heterocycles. The van der Waals surface area contributed by atoms with E-state index in [2.05, 4.69) is 10.3 Å². The maximum absolute atomic E-state index is 11.6. The number of phenolic OH excluding ortho intramolecular Hbond substituents is 1. The van der Waals surface area contributed by atoms with Crippen LogP contribution in [0.2, 0.25) is 5.02 Å². The molecule has 0 bridgehead atoms. The smallest absolute Gasteiger partial charge is 0.326 e. The van der Waals surface area contributed by atoms with Crippen LogP contribution < -0.4 is 5.32 Å². The lowest BCUT2D eigenvalue weighted by atomic mass is 10.0. The standard InChI is InChI=1S/C17H16ClN3O3.H2/c1-9-13(8-19)16(20-10(2)15(9)18)21-14(17(23)24)7-11-3-5-12(22)6-4-11;/h3-6,14,22H,7H2,1-2H3,(H,20,21)(H,23,24);1H/t14-;/m0./s1. The van der Waals surface area contributed by atoms with Gasteiger partial charge in [0.05, 0.1) is 16.3 Å². The lowest BCUT2D eigenvalue weighted by Crippen LogP contribution is -2.32. The number of nitriles is 1. The molecule has 0 saturated carbocycles. The molecule has 6 nitrogen and oxygen atoms in total. The largest absolute Gasteiger partial charge is 0.508 e. The lowest BCUT2D eigenvalue weighted by Gasteiger charge is -2.18. The van der Waals surface area contributed by atoms with Gasteiger partial charge in [0.2, 0.25) is 0 Å². The molecule has 2 aromatic rings. The van der Waals surface area contributed by atoms with E-state index < -0.39 is 12.0 Å². The van der Waals surface area contributed by atoms with Crippen molar-refractivity contribution >= 4 is 23.4 Å². The van der Waals surface area contributed by atoms with Crippen LogP contribution in [0.3, 0.4) is 0 Å². The second-order valence-electron chi connectivity index (χ2n) is 5.38. The van der Waals surface area contributed by atoms with E-state index in [0.717, 1.165) is 5.56 Å². The molecule has 0 aliphatic rings. The Kier molecular flexibility index (Phi) is 5.27. The number of aryl methyl sites for hydroxylation is 1. The summed E-state index contributed by atoms with van der Waals surface area (Å²) in [7, 11) is 0. The zero-order chi connectivity index (χ0) is 17.9. The van der Waals surface area contributed by atoms with E-state index in [0.29, 0.717) is 16.3 Å². The number of carbonyl (C=O) groups is 1. The van der Waals surface area contributed by atoms with Crippen LogP contribution in [0.25, 0.3) is 0 Å². The van der Waals surface area contributed by atoms with Gasteiger partial charge in [-0.05, 0) is 37.1 Å². The molecule has 0 unspecified atom stereocenters. The SMILES string of the molecule is Cc1nc(N[C@@H](Cc2ccc(O)cc2)C(=O)O)c(C#N)c(C)c1Cl.[HH]. The second-order valence-corrected chi connectivity index (χ2v) is 5.76. The Morgan fingerprint density at radius 2 is 2.04 bits per heavy atom. The molecule has 126 valence electrons. The molecule has 1 aromatic carbocycles. The number of benzene rings is 1. The normalized spacial score (nSPS) is 11.6. The van der Waals surface area contributed by atoms with E-state index in [4.69, 9.17) is 11.6 Å². The summed E-state index contributed by atoms with van der Waals surface area (Å²) in [6.07, 6.45) is 0.170. The van der Waals surface area contributed by atoms with Gasteiger partial charge < -0.3 is 15.5 Å². The lowest BCUT2D eigenvalue weighted by molar-refractivity contribution is -0.137. The first kappa shape index (κ1) is 17.6. The summed E-state index contributed by atoms with van der Waals surface area (Å²) < 4.78 is 0. The maximum atomic E-state index is 11.6. The Balaban J connectivity index is 0.00000312. The molecule has 2 rings (SSSR count). The van der Waals surface area contributed by atoms with Crippen molar-refractivity contribution in [1.82, 2.24) is 4.98 Å². The van der Waals surface area contributed by atoms with E-state index in [-0.39, 0.29) is 25.0 Å². The first-order valence-corrected chi connectivity index (χ1v) is 7.55. The Hall–Kier alpha value is -2.78. The van der Waals surface area contributed by atoms with Crippen LogP contribution in [0.4, 0.5) is 5.82 Å². The fourth-order valence-corrected chi connectivity index (χ4v) is 2.44. The molecule has 0 aliphatic heterocycles. The molecule has 0 spiro atoms. The number of carboxylic acid groups (broad SMARTS) is 1. The van der Waals surface area contributed by atoms with Crippen molar-refractivity contribution in [3.8, 4) is 11.8 Å². The molecule has 1 heterocycles. The number of anilines is 1. The number of hydrogen-bond acceptors (Lipinski definition) is 5. The van der Waals surface area contributed by atoms with E-state index in [1.165, 1.54) is 12.1 Å². The van der Waals surface area contributed by atoms with Gasteiger partial charge in [0, 0.05) is 7.85 Å². The number of aliphatic carboxylic acids is 1. The first-order valence-electron chi connectivity index (χ1n) is 7.17. The number of carboxylic acids is 1. The summed E-state index contributed by atoms with van der Waals surface area (Å²) in [5, 5.41) is 31.3. The van der Waals surface area contributed by atoms with Gasteiger partial charge >= 0.3 is 5.97 Å². The van der Waals surface area contributed by atoms with Gasteiger partial charge in [-0.25, -0.2) is 9.78 Å². The molecule has 0 saturated heterocycles. The fraction of sp³-hybridized carbons (Fsp3) is 0.235. The number of nitrogens with zero attached hydrogens (tertiary/aromatic N) is 2. The van der Waals surface area contributed by atoms with Gasteiger partial charge in [0.25, 0.3) is 0 Å². The molecule has 24 heavy (non-hydrogen) atoms. The van der Waals surface area contributed by atoms with Gasteiger partial charge in [-0.3, -0.25) is 0 Å². The number of phenols is 1. The highest BCUT2D eigenvalue weighted by Crippen LogP contribution is 2.27. The Bertz CT molecular complexity index is 819. The predicted octanol–water partition coefficient (Wildman–Crippen LogP) is 3.28. The highest BCUT2D eigenvalue weighted by atomic mass is 35.5. The number of aromatic hydroxyl groups is 1. The van der Waals surface area contributed by atoms with Crippen LogP contribution in [0.1, 0.15) is 23.8 Å². The molecule has 7 heteroatoms. The summed E-state index contributed by atoms with van der Waals surface area (Å²) in [4.78, 5) is 15.8. The summed E-state index contributed by atoms with van der Waals surface area (Å²) in [5.74, 6) is -0.766. The van der Waals surface area contributed by atoms with E-state index in [1.807, 2.05) is 6.07 Å². The van der Waals surface area contributed by atoms with Crippen LogP contribution in [-0.2, 0) is 11.2 Å². The number of pyridine rings is 1. The molecule has 1 atom stereocenters. The highest BCUT2D eigenvalue weighted by molar-refractivity contribution is 6.32. The molecular formula is C17H18ClN3O3. The van der Waals surface area contributed by atoms with Crippen LogP contribution in [0.15, 0.2) is 24.3 Å². The molecular weight excluding hydrogens is 330 g/mol. The number of aromatic nitrogens is 1.